The van der Waals surface area contributed by atoms with E-state index in [4.69, 9.17) is 19.4 Å². The van der Waals surface area contributed by atoms with Gasteiger partial charge in [0.05, 0.1) is 13.2 Å². The molecule has 1 aromatic heterocycles. The van der Waals surface area contributed by atoms with Crippen molar-refractivity contribution in [1.29, 1.82) is 0 Å². The minimum atomic E-state index is -5.87. The van der Waals surface area contributed by atoms with Crippen LogP contribution in [-0.4, -0.2) is 70.9 Å². The van der Waals surface area contributed by atoms with Crippen LogP contribution in [0.15, 0.2) is 34.5 Å². The Morgan fingerprint density at radius 1 is 1.18 bits per heavy atom. The Morgan fingerprint density at radius 3 is 2.24 bits per heavy atom. The highest BCUT2D eigenvalue weighted by atomic mass is 31.3. The lowest BCUT2D eigenvalue weighted by molar-refractivity contribution is -0.196. The molecule has 17 nitrogen and oxygen atoms in total. The van der Waals surface area contributed by atoms with Crippen LogP contribution in [0.25, 0.3) is 0 Å². The fourth-order valence-electron chi connectivity index (χ4n) is 2.02. The van der Waals surface area contributed by atoms with E-state index in [-0.39, 0.29) is 0 Å². The molecule has 0 aliphatic heterocycles. The summed E-state index contributed by atoms with van der Waals surface area (Å²) >= 11 is 0. The van der Waals surface area contributed by atoms with Crippen LogP contribution < -0.4 is 11.2 Å². The zero-order valence-electron chi connectivity index (χ0n) is 16.2. The van der Waals surface area contributed by atoms with E-state index in [1.165, 1.54) is 0 Å². The highest BCUT2D eigenvalue weighted by molar-refractivity contribution is 7.66. The van der Waals surface area contributed by atoms with Crippen LogP contribution in [0.3, 0.4) is 0 Å². The lowest BCUT2D eigenvalue weighted by Gasteiger charge is -2.35. The summed E-state index contributed by atoms with van der Waals surface area (Å²) < 4.78 is 64.6. The normalized spacial score (nSPS) is 19.6. The number of alkyl halides is 1. The van der Waals surface area contributed by atoms with Crippen molar-refractivity contribution >= 4 is 23.5 Å². The van der Waals surface area contributed by atoms with E-state index in [2.05, 4.69) is 19.7 Å². The Morgan fingerprint density at radius 2 is 1.79 bits per heavy atom. The fourth-order valence-corrected chi connectivity index (χ4v) is 5.12. The third-order valence-corrected chi connectivity index (χ3v) is 7.25. The molecular weight excluding hydrogens is 524 g/mol. The Labute approximate surface area is 183 Å². The van der Waals surface area contributed by atoms with Gasteiger partial charge in [-0.15, -0.1) is 6.58 Å². The van der Waals surface area contributed by atoms with Crippen LogP contribution in [0.1, 0.15) is 6.23 Å². The topological polar surface area (TPSA) is 264 Å². The van der Waals surface area contributed by atoms with E-state index in [9.17, 15) is 42.8 Å². The number of hydrogen-bond acceptors (Lipinski definition) is 11. The molecule has 0 bridgehead atoms. The molecule has 0 amide bonds. The quantitative estimate of drug-likeness (QED) is 0.105. The van der Waals surface area contributed by atoms with Crippen molar-refractivity contribution in [1.82, 2.24) is 9.55 Å². The highest BCUT2D eigenvalue weighted by Gasteiger charge is 2.44. The predicted octanol–water partition coefficient (Wildman–Crippen LogP) is -1.36. The van der Waals surface area contributed by atoms with Crippen molar-refractivity contribution in [3.63, 3.8) is 0 Å². The van der Waals surface area contributed by atoms with Crippen LogP contribution >= 0.6 is 23.5 Å². The first-order chi connectivity index (χ1) is 15.0. The first-order valence-corrected chi connectivity index (χ1v) is 12.8. The molecule has 1 heterocycles. The highest BCUT2D eigenvalue weighted by Crippen LogP contribution is 2.66. The van der Waals surface area contributed by atoms with Crippen LogP contribution in [0, 0.1) is 0 Å². The molecule has 0 spiro atoms. The molecule has 3 unspecified atom stereocenters. The average Bonchev–Trinajstić information content (AvgIpc) is 2.66. The third kappa shape index (κ3) is 9.42. The number of nitrogens with zero attached hydrogens (tertiary/aromatic N) is 1. The maximum absolute atomic E-state index is 13.8. The monoisotopic (exact) mass is 544 g/mol. The summed E-state index contributed by atoms with van der Waals surface area (Å²) in [4.78, 5) is 60.7. The van der Waals surface area contributed by atoms with Gasteiger partial charge in [-0.25, -0.2) is 22.9 Å². The van der Waals surface area contributed by atoms with Gasteiger partial charge in [-0.1, -0.05) is 6.08 Å². The van der Waals surface area contributed by atoms with Crippen LogP contribution in [-0.2, 0) is 31.6 Å². The van der Waals surface area contributed by atoms with Crippen LogP contribution in [0.4, 0.5) is 4.39 Å². The first kappa shape index (κ1) is 29.7. The summed E-state index contributed by atoms with van der Waals surface area (Å²) in [5, 5.41) is 19.7. The summed E-state index contributed by atoms with van der Waals surface area (Å²) in [7, 11) is -17.3. The maximum Gasteiger partial charge on any atom is 0.490 e. The smallest absolute Gasteiger partial charge is 0.393 e. The second-order valence-electron chi connectivity index (χ2n) is 6.09. The molecule has 0 radical (unpaired) electrons. The Bertz CT molecular complexity index is 1080. The van der Waals surface area contributed by atoms with Crippen molar-refractivity contribution in [3.05, 3.63) is 45.8 Å². The van der Waals surface area contributed by atoms with Crippen molar-refractivity contribution in [2.75, 3.05) is 19.9 Å². The van der Waals surface area contributed by atoms with E-state index in [1.54, 1.807) is 0 Å². The van der Waals surface area contributed by atoms with Crippen molar-refractivity contribution < 1.29 is 65.8 Å². The Balaban J connectivity index is 3.17. The van der Waals surface area contributed by atoms with Crippen molar-refractivity contribution in [2.24, 2.45) is 0 Å². The van der Waals surface area contributed by atoms with Gasteiger partial charge in [0.25, 0.3) is 5.56 Å². The molecule has 1 aromatic rings. The number of ether oxygens (including phenoxy) is 1. The number of aliphatic hydroxyl groups is 2. The summed E-state index contributed by atoms with van der Waals surface area (Å²) in [5.41, 5.74) is -4.61. The molecule has 0 saturated carbocycles. The van der Waals surface area contributed by atoms with Gasteiger partial charge >= 0.3 is 29.2 Å². The van der Waals surface area contributed by atoms with Gasteiger partial charge in [-0.3, -0.25) is 18.9 Å². The Hall–Kier alpha value is -1.36. The number of aromatic amines is 1. The van der Waals surface area contributed by atoms with E-state index in [1.807, 2.05) is 4.98 Å². The molecule has 0 aromatic carbocycles. The zero-order chi connectivity index (χ0) is 25.7. The summed E-state index contributed by atoms with van der Waals surface area (Å²) in [6, 6.07) is 0.829. The minimum Gasteiger partial charge on any atom is -0.393 e. The lowest BCUT2D eigenvalue weighted by atomic mass is 10.1. The number of halogens is 1. The summed E-state index contributed by atoms with van der Waals surface area (Å²) in [6.07, 6.45) is -2.01. The molecule has 33 heavy (non-hydrogen) atoms. The second-order valence-corrected chi connectivity index (χ2v) is 10.5. The first-order valence-electron chi connectivity index (χ1n) is 8.24. The van der Waals surface area contributed by atoms with Gasteiger partial charge in [0.2, 0.25) is 0 Å². The maximum atomic E-state index is 13.8. The number of hydrogen-bond donors (Lipinski definition) is 7. The zero-order valence-corrected chi connectivity index (χ0v) is 18.9. The number of phosphoric ester groups is 1. The summed E-state index contributed by atoms with van der Waals surface area (Å²) in [5.74, 6) is 0. The average molecular weight is 544 g/mol. The van der Waals surface area contributed by atoms with Gasteiger partial charge in [0.1, 0.15) is 18.4 Å². The van der Waals surface area contributed by atoms with Gasteiger partial charge in [-0.2, -0.15) is 8.62 Å². The molecule has 7 N–H and O–H groups in total. The number of H-pyrrole nitrogens is 1. The fraction of sp³-hybridized carbons (Fsp3) is 0.500. The molecule has 0 saturated heterocycles. The number of phosphoric acid groups is 3. The molecule has 5 atom stereocenters. The van der Waals surface area contributed by atoms with Crippen molar-refractivity contribution in [2.45, 2.75) is 17.9 Å². The largest absolute Gasteiger partial charge is 0.490 e. The lowest BCUT2D eigenvalue weighted by Crippen LogP contribution is -2.49. The third-order valence-electron chi connectivity index (χ3n) is 3.47. The molecule has 0 aliphatic carbocycles. The van der Waals surface area contributed by atoms with Gasteiger partial charge in [0.15, 0.2) is 6.23 Å². The molecule has 1 rings (SSSR count). The van der Waals surface area contributed by atoms with Crippen molar-refractivity contribution in [3.8, 4) is 0 Å². The second kappa shape index (κ2) is 11.4. The number of aliphatic hydroxyl groups excluding tert-OH is 2. The van der Waals surface area contributed by atoms with Crippen LogP contribution in [0.5, 0.6) is 0 Å². The molecule has 0 fully saturated rings. The molecular formula is C12H20FN2O15P3. The van der Waals surface area contributed by atoms with E-state index in [0.717, 1.165) is 18.3 Å². The van der Waals surface area contributed by atoms with Crippen LogP contribution in [0.2, 0.25) is 0 Å². The standard InChI is InChI=1S/C12H20FN2O15P3/c1-2-8(17)10(15-4-3-9(18)14-11(15)19)28-12(5-13,6-16)7-27-32(23,24)30-33(25,26)29-31(20,21)22/h2-4,8,10,16-17H,1,5-7H2,(H,23,24)(H,25,26)(H,14,18,19)(H2,20,21,22)/t8-,10?,12-/m0/s1. The number of aromatic nitrogens is 2. The minimum absolute atomic E-state index is 0.554. The molecule has 0 aliphatic rings. The van der Waals surface area contributed by atoms with Gasteiger partial charge < -0.3 is 34.5 Å². The number of nitrogens with one attached hydrogen (secondary N) is 1. The SMILES string of the molecule is C=C[C@H](O)C(O[C@](CO)(CF)COP(=O)(O)OP(=O)(O)OP(=O)(O)O)n1ccc(=O)[nH]c1=O. The van der Waals surface area contributed by atoms with Gasteiger partial charge in [0, 0.05) is 12.3 Å². The van der Waals surface area contributed by atoms with E-state index >= 15 is 0 Å². The predicted molar refractivity (Wildman–Crippen MR) is 103 cm³/mol. The Kier molecular flexibility index (Phi) is 10.2. The number of rotatable bonds is 14. The summed E-state index contributed by atoms with van der Waals surface area (Å²) in [6.45, 7) is -1.24. The molecule has 190 valence electrons. The van der Waals surface area contributed by atoms with Gasteiger partial charge in [-0.05, 0) is 0 Å². The van der Waals surface area contributed by atoms with E-state index in [0.29, 0.717) is 4.57 Å². The molecule has 21 heteroatoms. The van der Waals surface area contributed by atoms with E-state index < -0.39 is 72.5 Å².